The van der Waals surface area contributed by atoms with Crippen LogP contribution in [0, 0.1) is 11.3 Å². The zero-order valence-electron chi connectivity index (χ0n) is 11.9. The Kier molecular flexibility index (Phi) is 3.13. The van der Waals surface area contributed by atoms with Crippen LogP contribution in [0.15, 0.2) is 0 Å². The van der Waals surface area contributed by atoms with Crippen molar-refractivity contribution in [1.82, 2.24) is 9.80 Å². The van der Waals surface area contributed by atoms with Gasteiger partial charge in [0, 0.05) is 26.2 Å². The summed E-state index contributed by atoms with van der Waals surface area (Å²) < 4.78 is 0. The van der Waals surface area contributed by atoms with Crippen LogP contribution in [-0.2, 0) is 0 Å². The highest BCUT2D eigenvalue weighted by Gasteiger charge is 2.46. The minimum atomic E-state index is 0.213. The van der Waals surface area contributed by atoms with E-state index in [0.717, 1.165) is 5.92 Å². The molecule has 0 aliphatic carbocycles. The van der Waals surface area contributed by atoms with E-state index in [9.17, 15) is 4.79 Å². The van der Waals surface area contributed by atoms with E-state index < -0.39 is 0 Å². The monoisotopic (exact) mass is 238 g/mol. The molecule has 3 heteroatoms. The number of carbonyl (C=O) groups is 1. The van der Waals surface area contributed by atoms with Gasteiger partial charge in [-0.05, 0) is 37.0 Å². The predicted molar refractivity (Wildman–Crippen MR) is 69.9 cm³/mol. The largest absolute Gasteiger partial charge is 0.331 e. The molecule has 17 heavy (non-hydrogen) atoms. The van der Waals surface area contributed by atoms with Gasteiger partial charge in [-0.3, -0.25) is 0 Å². The zero-order chi connectivity index (χ0) is 12.8. The van der Waals surface area contributed by atoms with Crippen molar-refractivity contribution >= 4 is 6.03 Å². The summed E-state index contributed by atoms with van der Waals surface area (Å²) >= 11 is 0. The van der Waals surface area contributed by atoms with Gasteiger partial charge in [-0.15, -0.1) is 0 Å². The van der Waals surface area contributed by atoms with E-state index in [0.29, 0.717) is 17.5 Å². The van der Waals surface area contributed by atoms with Crippen molar-refractivity contribution in [3.05, 3.63) is 0 Å². The first-order valence-electron chi connectivity index (χ1n) is 6.80. The van der Waals surface area contributed by atoms with Crippen LogP contribution in [0.2, 0.25) is 0 Å². The van der Waals surface area contributed by atoms with E-state index >= 15 is 0 Å². The third kappa shape index (κ3) is 2.29. The summed E-state index contributed by atoms with van der Waals surface area (Å²) in [7, 11) is 3.72. The van der Waals surface area contributed by atoms with Gasteiger partial charge in [0.25, 0.3) is 0 Å². The first-order chi connectivity index (χ1) is 7.80. The molecule has 2 bridgehead atoms. The van der Waals surface area contributed by atoms with E-state index in [-0.39, 0.29) is 6.03 Å². The van der Waals surface area contributed by atoms with Gasteiger partial charge in [0.15, 0.2) is 0 Å². The molecule has 2 aliphatic rings. The van der Waals surface area contributed by atoms with Crippen LogP contribution in [0.4, 0.5) is 4.79 Å². The van der Waals surface area contributed by atoms with Crippen molar-refractivity contribution < 1.29 is 4.79 Å². The Morgan fingerprint density at radius 3 is 1.94 bits per heavy atom. The summed E-state index contributed by atoms with van der Waals surface area (Å²) in [5.41, 5.74) is 0.383. The van der Waals surface area contributed by atoms with Crippen LogP contribution in [-0.4, -0.2) is 42.0 Å². The topological polar surface area (TPSA) is 23.6 Å². The van der Waals surface area contributed by atoms with Crippen molar-refractivity contribution in [2.75, 3.05) is 14.1 Å². The molecule has 2 fully saturated rings. The number of fused-ring (bicyclic) bond motifs is 2. The third-order valence-electron chi connectivity index (χ3n) is 4.56. The van der Waals surface area contributed by atoms with Crippen LogP contribution in [0.3, 0.4) is 0 Å². The summed E-state index contributed by atoms with van der Waals surface area (Å²) in [6, 6.07) is 1.20. The highest BCUT2D eigenvalue weighted by atomic mass is 16.2. The lowest BCUT2D eigenvalue weighted by Gasteiger charge is -2.44. The van der Waals surface area contributed by atoms with Crippen LogP contribution in [0.1, 0.15) is 46.5 Å². The van der Waals surface area contributed by atoms with Crippen LogP contribution in [0.5, 0.6) is 0 Å². The Morgan fingerprint density at radius 2 is 1.59 bits per heavy atom. The molecule has 0 spiro atoms. The Balaban J connectivity index is 2.11. The van der Waals surface area contributed by atoms with E-state index in [1.54, 1.807) is 4.90 Å². The molecule has 2 saturated heterocycles. The number of amides is 2. The molecule has 2 rings (SSSR count). The highest BCUT2D eigenvalue weighted by molar-refractivity contribution is 5.75. The Morgan fingerprint density at radius 1 is 1.12 bits per heavy atom. The summed E-state index contributed by atoms with van der Waals surface area (Å²) in [4.78, 5) is 16.0. The van der Waals surface area contributed by atoms with Gasteiger partial charge >= 0.3 is 6.03 Å². The molecule has 0 aromatic heterocycles. The first kappa shape index (κ1) is 12.7. The van der Waals surface area contributed by atoms with E-state index in [1.165, 1.54) is 25.7 Å². The van der Waals surface area contributed by atoms with Crippen molar-refractivity contribution in [2.45, 2.75) is 58.5 Å². The maximum absolute atomic E-state index is 12.2. The van der Waals surface area contributed by atoms with Gasteiger partial charge in [-0.1, -0.05) is 20.8 Å². The second-order valence-electron chi connectivity index (χ2n) is 7.00. The van der Waals surface area contributed by atoms with Gasteiger partial charge in [-0.25, -0.2) is 4.79 Å². The number of carbonyl (C=O) groups excluding carboxylic acids is 1. The number of nitrogens with zero attached hydrogens (tertiary/aromatic N) is 2. The third-order valence-corrected chi connectivity index (χ3v) is 4.56. The van der Waals surface area contributed by atoms with E-state index in [2.05, 4.69) is 25.7 Å². The molecule has 0 aromatic carbocycles. The Hall–Kier alpha value is -0.730. The van der Waals surface area contributed by atoms with Crippen molar-refractivity contribution in [1.29, 1.82) is 0 Å². The molecule has 2 heterocycles. The molecular weight excluding hydrogens is 212 g/mol. The van der Waals surface area contributed by atoms with Gasteiger partial charge in [0.05, 0.1) is 0 Å². The standard InChI is InChI=1S/C14H26N2O/c1-14(2,3)10-8-11-6-7-12(9-10)16(11)13(17)15(4)5/h10-12H,6-9H2,1-5H3/t10?,11-,12+. The Labute approximate surface area is 105 Å². The van der Waals surface area contributed by atoms with Gasteiger partial charge in [0.2, 0.25) is 0 Å². The smallest absolute Gasteiger partial charge is 0.319 e. The molecule has 1 unspecified atom stereocenters. The van der Waals surface area contributed by atoms with Crippen LogP contribution in [0.25, 0.3) is 0 Å². The zero-order valence-corrected chi connectivity index (χ0v) is 11.9. The fourth-order valence-electron chi connectivity index (χ4n) is 3.43. The minimum Gasteiger partial charge on any atom is -0.331 e. The number of piperidine rings is 1. The molecular formula is C14H26N2O. The molecule has 0 aromatic rings. The van der Waals surface area contributed by atoms with Gasteiger partial charge < -0.3 is 9.80 Å². The summed E-state index contributed by atoms with van der Waals surface area (Å²) in [6.07, 6.45) is 4.80. The molecule has 0 saturated carbocycles. The Bertz CT molecular complexity index is 292. The predicted octanol–water partition coefficient (Wildman–Crippen LogP) is 2.96. The van der Waals surface area contributed by atoms with Crippen molar-refractivity contribution in [2.24, 2.45) is 11.3 Å². The van der Waals surface area contributed by atoms with Crippen LogP contribution >= 0.6 is 0 Å². The fourth-order valence-corrected chi connectivity index (χ4v) is 3.43. The van der Waals surface area contributed by atoms with Crippen molar-refractivity contribution in [3.8, 4) is 0 Å². The molecule has 2 amide bonds. The molecule has 2 aliphatic heterocycles. The summed E-state index contributed by atoms with van der Waals surface area (Å²) in [5, 5.41) is 0. The summed E-state index contributed by atoms with van der Waals surface area (Å²) in [6.45, 7) is 7.00. The number of urea groups is 1. The molecule has 3 atom stereocenters. The highest BCUT2D eigenvalue weighted by Crippen LogP contribution is 2.45. The molecule has 0 N–H and O–H groups in total. The second-order valence-corrected chi connectivity index (χ2v) is 7.00. The average Bonchev–Trinajstić information content (AvgIpc) is 2.45. The maximum atomic E-state index is 12.2. The average molecular weight is 238 g/mol. The van der Waals surface area contributed by atoms with E-state index in [1.807, 2.05) is 14.1 Å². The maximum Gasteiger partial charge on any atom is 0.319 e. The SMILES string of the molecule is CN(C)C(=O)N1[C@@H]2CC[C@H]1CC(C(C)(C)C)C2. The molecule has 98 valence electrons. The lowest BCUT2D eigenvalue weighted by atomic mass is 9.73. The second kappa shape index (κ2) is 4.18. The van der Waals surface area contributed by atoms with Crippen molar-refractivity contribution in [3.63, 3.8) is 0 Å². The minimum absolute atomic E-state index is 0.213. The lowest BCUT2D eigenvalue weighted by Crippen LogP contribution is -2.51. The number of rotatable bonds is 0. The summed E-state index contributed by atoms with van der Waals surface area (Å²) in [5.74, 6) is 0.770. The number of hydrogen-bond donors (Lipinski definition) is 0. The fraction of sp³-hybridized carbons (Fsp3) is 0.929. The normalized spacial score (nSPS) is 32.8. The molecule has 0 radical (unpaired) electrons. The number of hydrogen-bond acceptors (Lipinski definition) is 1. The van der Waals surface area contributed by atoms with Crippen LogP contribution < -0.4 is 0 Å². The van der Waals surface area contributed by atoms with Gasteiger partial charge in [-0.2, -0.15) is 0 Å². The van der Waals surface area contributed by atoms with E-state index in [4.69, 9.17) is 0 Å². The molecule has 3 nitrogen and oxygen atoms in total. The quantitative estimate of drug-likeness (QED) is 0.636. The first-order valence-corrected chi connectivity index (χ1v) is 6.80. The lowest BCUT2D eigenvalue weighted by molar-refractivity contribution is 0.0651. The van der Waals surface area contributed by atoms with Gasteiger partial charge in [0.1, 0.15) is 0 Å².